The Bertz CT molecular complexity index is 992. The van der Waals surface area contributed by atoms with Gasteiger partial charge in [-0.05, 0) is 25.1 Å². The minimum absolute atomic E-state index is 0.102. The summed E-state index contributed by atoms with van der Waals surface area (Å²) in [5, 5.41) is 6.24. The summed E-state index contributed by atoms with van der Waals surface area (Å²) in [6.07, 6.45) is 0. The molecule has 27 heavy (non-hydrogen) atoms. The smallest absolute Gasteiger partial charge is 0.250 e. The Morgan fingerprint density at radius 1 is 1.30 bits per heavy atom. The summed E-state index contributed by atoms with van der Waals surface area (Å²) in [5.41, 5.74) is 9.23. The number of primary amides is 1. The van der Waals surface area contributed by atoms with E-state index in [2.05, 4.69) is 5.32 Å². The number of nitrogens with one attached hydrogen (secondary N) is 1. The lowest BCUT2D eigenvalue weighted by Gasteiger charge is -2.11. The fraction of sp³-hybridized carbons (Fsp3) is 0.211. The van der Waals surface area contributed by atoms with E-state index in [1.807, 2.05) is 41.1 Å². The molecule has 0 aliphatic heterocycles. The van der Waals surface area contributed by atoms with Crippen LogP contribution in [-0.4, -0.2) is 27.9 Å². The molecule has 0 saturated carbocycles. The average Bonchev–Trinajstić information content (AvgIpc) is 3.21. The second-order valence-corrected chi connectivity index (χ2v) is 7.37. The number of nitrogens with zero attached hydrogens (tertiary/aromatic N) is 2. The summed E-state index contributed by atoms with van der Waals surface area (Å²) in [6.45, 7) is 4.27. The number of hydrogen-bond donors (Lipinski definition) is 2. The zero-order valence-corrected chi connectivity index (χ0v) is 16.5. The molecule has 0 radical (unpaired) electrons. The summed E-state index contributed by atoms with van der Waals surface area (Å²) >= 11 is 7.46. The van der Waals surface area contributed by atoms with Crippen molar-refractivity contribution in [1.29, 1.82) is 0 Å². The molecule has 0 atom stereocenters. The molecule has 0 bridgehead atoms. The van der Waals surface area contributed by atoms with Gasteiger partial charge in [-0.1, -0.05) is 23.7 Å². The molecule has 6 nitrogen and oxygen atoms in total. The van der Waals surface area contributed by atoms with Gasteiger partial charge in [0, 0.05) is 41.7 Å². The number of hydrogen-bond acceptors (Lipinski definition) is 4. The molecule has 0 fully saturated rings. The monoisotopic (exact) mass is 402 g/mol. The van der Waals surface area contributed by atoms with Crippen molar-refractivity contribution >= 4 is 34.8 Å². The number of carbonyl (C=O) groups excluding carboxylic acids is 2. The van der Waals surface area contributed by atoms with Gasteiger partial charge in [-0.2, -0.15) is 0 Å². The lowest BCUT2D eigenvalue weighted by atomic mass is 10.2. The lowest BCUT2D eigenvalue weighted by Crippen LogP contribution is -2.25. The van der Waals surface area contributed by atoms with Gasteiger partial charge in [-0.3, -0.25) is 9.59 Å². The highest BCUT2D eigenvalue weighted by Gasteiger charge is 2.18. The Labute approximate surface area is 166 Å². The van der Waals surface area contributed by atoms with Gasteiger partial charge in [0.05, 0.1) is 17.0 Å². The molecule has 0 spiro atoms. The van der Waals surface area contributed by atoms with Crippen LogP contribution in [0, 0.1) is 6.92 Å². The Balaban J connectivity index is 1.97. The normalized spacial score (nSPS) is 10.8. The summed E-state index contributed by atoms with van der Waals surface area (Å²) in [6, 6.07) is 9.24. The number of thiazole rings is 1. The van der Waals surface area contributed by atoms with Crippen LogP contribution in [0.25, 0.3) is 22.0 Å². The number of benzene rings is 1. The van der Waals surface area contributed by atoms with Crippen molar-refractivity contribution in [3.8, 4) is 22.0 Å². The highest BCUT2D eigenvalue weighted by molar-refractivity contribution is 7.13. The first-order valence-corrected chi connectivity index (χ1v) is 9.58. The Morgan fingerprint density at radius 2 is 2.00 bits per heavy atom. The quantitative estimate of drug-likeness (QED) is 0.661. The van der Waals surface area contributed by atoms with E-state index in [9.17, 15) is 9.59 Å². The molecule has 2 heterocycles. The van der Waals surface area contributed by atoms with Crippen molar-refractivity contribution in [1.82, 2.24) is 14.9 Å². The van der Waals surface area contributed by atoms with E-state index in [0.717, 1.165) is 27.7 Å². The van der Waals surface area contributed by atoms with Crippen LogP contribution in [0.1, 0.15) is 23.0 Å². The molecule has 0 saturated heterocycles. The number of amides is 2. The standard InChI is InChI=1S/C19H19ClN4O2S/c1-11-15(18(21)26)9-17(24(11)8-7-22-12(2)25)16-10-27-19(23-16)13-3-5-14(20)6-4-13/h3-6,9-10H,7-8H2,1-2H3,(H2,21,26)(H,22,25). The molecule has 3 aromatic rings. The molecule has 3 rings (SSSR count). The minimum atomic E-state index is -0.486. The molecule has 2 amide bonds. The van der Waals surface area contributed by atoms with Crippen LogP contribution < -0.4 is 11.1 Å². The van der Waals surface area contributed by atoms with Crippen LogP contribution in [0.3, 0.4) is 0 Å². The first-order valence-electron chi connectivity index (χ1n) is 8.33. The summed E-state index contributed by atoms with van der Waals surface area (Å²) < 4.78 is 1.96. The van der Waals surface area contributed by atoms with E-state index in [1.165, 1.54) is 18.3 Å². The van der Waals surface area contributed by atoms with Gasteiger partial charge in [0.2, 0.25) is 5.91 Å². The van der Waals surface area contributed by atoms with Gasteiger partial charge in [0.15, 0.2) is 0 Å². The first kappa shape index (κ1) is 19.1. The maximum Gasteiger partial charge on any atom is 0.250 e. The van der Waals surface area contributed by atoms with E-state index < -0.39 is 5.91 Å². The Morgan fingerprint density at radius 3 is 2.63 bits per heavy atom. The van der Waals surface area contributed by atoms with E-state index in [0.29, 0.717) is 23.7 Å². The van der Waals surface area contributed by atoms with Crippen molar-refractivity contribution in [3.63, 3.8) is 0 Å². The minimum Gasteiger partial charge on any atom is -0.366 e. The van der Waals surface area contributed by atoms with Gasteiger partial charge in [0.25, 0.3) is 5.91 Å². The van der Waals surface area contributed by atoms with E-state index in [4.69, 9.17) is 22.3 Å². The Hall–Kier alpha value is -2.64. The second-order valence-electron chi connectivity index (χ2n) is 6.07. The molecule has 0 unspecified atom stereocenters. The molecule has 1 aromatic carbocycles. The van der Waals surface area contributed by atoms with E-state index in [-0.39, 0.29) is 5.91 Å². The number of rotatable bonds is 6. The molecule has 2 aromatic heterocycles. The fourth-order valence-electron chi connectivity index (χ4n) is 2.86. The number of carbonyl (C=O) groups is 2. The highest BCUT2D eigenvalue weighted by Crippen LogP contribution is 2.31. The van der Waals surface area contributed by atoms with Crippen LogP contribution >= 0.6 is 22.9 Å². The molecule has 8 heteroatoms. The summed E-state index contributed by atoms with van der Waals surface area (Å²) in [5.74, 6) is -0.588. The van der Waals surface area contributed by atoms with E-state index in [1.54, 1.807) is 6.07 Å². The molecule has 140 valence electrons. The predicted molar refractivity (Wildman–Crippen MR) is 108 cm³/mol. The largest absolute Gasteiger partial charge is 0.366 e. The summed E-state index contributed by atoms with van der Waals surface area (Å²) in [7, 11) is 0. The van der Waals surface area contributed by atoms with Gasteiger partial charge in [0.1, 0.15) is 5.01 Å². The zero-order chi connectivity index (χ0) is 19.6. The van der Waals surface area contributed by atoms with Gasteiger partial charge in [-0.25, -0.2) is 4.98 Å². The SMILES string of the molecule is CC(=O)NCCn1c(-c2csc(-c3ccc(Cl)cc3)n2)cc(C(N)=O)c1C. The summed E-state index contributed by atoms with van der Waals surface area (Å²) in [4.78, 5) is 27.6. The highest BCUT2D eigenvalue weighted by atomic mass is 35.5. The van der Waals surface area contributed by atoms with Crippen molar-refractivity contribution in [2.75, 3.05) is 6.54 Å². The van der Waals surface area contributed by atoms with Crippen LogP contribution in [0.2, 0.25) is 5.02 Å². The van der Waals surface area contributed by atoms with Crippen LogP contribution in [0.15, 0.2) is 35.7 Å². The van der Waals surface area contributed by atoms with Gasteiger partial charge < -0.3 is 15.6 Å². The van der Waals surface area contributed by atoms with Crippen LogP contribution in [-0.2, 0) is 11.3 Å². The molecule has 0 aliphatic carbocycles. The molecule has 0 aliphatic rings. The third-order valence-electron chi connectivity index (χ3n) is 4.20. The van der Waals surface area contributed by atoms with Crippen molar-refractivity contribution in [2.45, 2.75) is 20.4 Å². The third kappa shape index (κ3) is 4.20. The average molecular weight is 403 g/mol. The van der Waals surface area contributed by atoms with Crippen molar-refractivity contribution in [2.24, 2.45) is 5.73 Å². The van der Waals surface area contributed by atoms with Crippen molar-refractivity contribution < 1.29 is 9.59 Å². The third-order valence-corrected chi connectivity index (χ3v) is 5.34. The molecular weight excluding hydrogens is 384 g/mol. The Kier molecular flexibility index (Phi) is 5.62. The maximum absolute atomic E-state index is 11.8. The van der Waals surface area contributed by atoms with Gasteiger partial charge in [-0.15, -0.1) is 11.3 Å². The fourth-order valence-corrected chi connectivity index (χ4v) is 3.80. The number of nitrogens with two attached hydrogens (primary N) is 1. The first-order chi connectivity index (χ1) is 12.9. The molecular formula is C19H19ClN4O2S. The maximum atomic E-state index is 11.8. The van der Waals surface area contributed by atoms with Crippen molar-refractivity contribution in [3.05, 3.63) is 52.0 Å². The van der Waals surface area contributed by atoms with Crippen LogP contribution in [0.5, 0.6) is 0 Å². The van der Waals surface area contributed by atoms with E-state index >= 15 is 0 Å². The topological polar surface area (TPSA) is 90.0 Å². The molecule has 3 N–H and O–H groups in total. The zero-order valence-electron chi connectivity index (χ0n) is 15.0. The van der Waals surface area contributed by atoms with Crippen LogP contribution in [0.4, 0.5) is 0 Å². The lowest BCUT2D eigenvalue weighted by molar-refractivity contribution is -0.118. The number of halogens is 1. The second kappa shape index (κ2) is 7.94. The number of aromatic nitrogens is 2. The van der Waals surface area contributed by atoms with Gasteiger partial charge >= 0.3 is 0 Å². The predicted octanol–water partition coefficient (Wildman–Crippen LogP) is 3.48.